The third-order valence-electron chi connectivity index (χ3n) is 5.28. The van der Waals surface area contributed by atoms with Crippen LogP contribution in [0.15, 0.2) is 0 Å². The molecule has 2 aliphatic rings. The molecule has 0 aliphatic heterocycles. The van der Waals surface area contributed by atoms with E-state index in [1.54, 1.807) is 20.8 Å². The highest BCUT2D eigenvalue weighted by Crippen LogP contribution is 2.67. The first-order valence-corrected chi connectivity index (χ1v) is 7.61. The van der Waals surface area contributed by atoms with Crippen molar-refractivity contribution in [2.75, 3.05) is 0 Å². The third kappa shape index (κ3) is 3.01. The van der Waals surface area contributed by atoms with Crippen molar-refractivity contribution in [1.82, 2.24) is 5.32 Å². The summed E-state index contributed by atoms with van der Waals surface area (Å²) in [6.45, 7) is 11.6. The molecule has 5 heteroatoms. The average molecular weight is 297 g/mol. The van der Waals surface area contributed by atoms with Crippen LogP contribution in [-0.2, 0) is 9.53 Å². The van der Waals surface area contributed by atoms with E-state index >= 15 is 0 Å². The summed E-state index contributed by atoms with van der Waals surface area (Å²) in [4.78, 5) is 23.7. The van der Waals surface area contributed by atoms with Crippen molar-refractivity contribution in [3.8, 4) is 0 Å². The molecule has 0 unspecified atom stereocenters. The molecule has 2 rings (SSSR count). The maximum atomic E-state index is 12.1. The van der Waals surface area contributed by atoms with Gasteiger partial charge in [-0.25, -0.2) is 4.79 Å². The standard InChI is InChI=1S/C16H27NO4/c1-14(2,3)21-13(20)17-16(6)8-11-9(15(11,4)5)7-10(16)12(18)19/h9-11H,7-8H2,1-6H3,(H,17,20)(H,18,19)/t9-,10-,11-,16-/m0/s1. The van der Waals surface area contributed by atoms with E-state index in [9.17, 15) is 14.7 Å². The van der Waals surface area contributed by atoms with Crippen LogP contribution < -0.4 is 5.32 Å². The largest absolute Gasteiger partial charge is 0.481 e. The van der Waals surface area contributed by atoms with Crippen molar-refractivity contribution < 1.29 is 19.4 Å². The van der Waals surface area contributed by atoms with E-state index in [1.807, 2.05) is 6.92 Å². The molecule has 2 N–H and O–H groups in total. The van der Waals surface area contributed by atoms with Crippen LogP contribution >= 0.6 is 0 Å². The van der Waals surface area contributed by atoms with Gasteiger partial charge in [0.05, 0.1) is 11.5 Å². The number of nitrogens with one attached hydrogen (secondary N) is 1. The van der Waals surface area contributed by atoms with E-state index in [4.69, 9.17) is 4.74 Å². The van der Waals surface area contributed by atoms with Gasteiger partial charge in [-0.15, -0.1) is 0 Å². The van der Waals surface area contributed by atoms with E-state index in [-0.39, 0.29) is 5.41 Å². The molecule has 2 saturated carbocycles. The predicted molar refractivity (Wildman–Crippen MR) is 78.9 cm³/mol. The van der Waals surface area contributed by atoms with Crippen LogP contribution in [0.4, 0.5) is 4.79 Å². The molecule has 0 heterocycles. The van der Waals surface area contributed by atoms with Crippen molar-refractivity contribution in [3.63, 3.8) is 0 Å². The summed E-state index contributed by atoms with van der Waals surface area (Å²) in [6.07, 6.45) is 0.786. The molecule has 1 amide bonds. The highest BCUT2D eigenvalue weighted by atomic mass is 16.6. The maximum Gasteiger partial charge on any atom is 0.408 e. The first kappa shape index (κ1) is 16.1. The Kier molecular flexibility index (Phi) is 3.54. The van der Waals surface area contributed by atoms with Crippen LogP contribution in [0.25, 0.3) is 0 Å². The Hall–Kier alpha value is -1.26. The normalized spacial score (nSPS) is 37.3. The lowest BCUT2D eigenvalue weighted by Crippen LogP contribution is -2.56. The molecule has 2 fully saturated rings. The van der Waals surface area contributed by atoms with Gasteiger partial charge in [0.15, 0.2) is 0 Å². The quantitative estimate of drug-likeness (QED) is 0.821. The van der Waals surface area contributed by atoms with Gasteiger partial charge in [0.2, 0.25) is 0 Å². The van der Waals surface area contributed by atoms with Crippen molar-refractivity contribution >= 4 is 12.1 Å². The van der Waals surface area contributed by atoms with Gasteiger partial charge in [-0.2, -0.15) is 0 Å². The molecule has 0 aromatic heterocycles. The van der Waals surface area contributed by atoms with Gasteiger partial charge in [0, 0.05) is 0 Å². The van der Waals surface area contributed by atoms with Gasteiger partial charge in [-0.3, -0.25) is 4.79 Å². The summed E-state index contributed by atoms with van der Waals surface area (Å²) in [5.41, 5.74) is -1.15. The third-order valence-corrected chi connectivity index (χ3v) is 5.28. The summed E-state index contributed by atoms with van der Waals surface area (Å²) in [6, 6.07) is 0. The SMILES string of the molecule is CC(C)(C)OC(=O)N[C@@]1(C)C[C@H]2[C@H](C[C@H]1C(=O)O)C2(C)C. The molecular weight excluding hydrogens is 270 g/mol. The lowest BCUT2D eigenvalue weighted by atomic mass is 9.74. The average Bonchev–Trinajstić information content (AvgIpc) is 2.74. The number of fused-ring (bicyclic) bond motifs is 1. The monoisotopic (exact) mass is 297 g/mol. The van der Waals surface area contributed by atoms with E-state index in [1.165, 1.54) is 0 Å². The number of aliphatic carboxylic acids is 1. The summed E-state index contributed by atoms with van der Waals surface area (Å²) >= 11 is 0. The molecule has 21 heavy (non-hydrogen) atoms. The van der Waals surface area contributed by atoms with E-state index < -0.39 is 29.1 Å². The number of hydrogen-bond donors (Lipinski definition) is 2. The van der Waals surface area contributed by atoms with Crippen LogP contribution in [0.5, 0.6) is 0 Å². The fourth-order valence-electron chi connectivity index (χ4n) is 3.89. The Labute approximate surface area is 126 Å². The van der Waals surface area contributed by atoms with Crippen LogP contribution in [0.3, 0.4) is 0 Å². The Bertz CT molecular complexity index is 465. The number of rotatable bonds is 2. The number of ether oxygens (including phenoxy) is 1. The van der Waals surface area contributed by atoms with E-state index in [0.29, 0.717) is 24.7 Å². The molecule has 0 aromatic rings. The Balaban J connectivity index is 2.14. The first-order chi connectivity index (χ1) is 9.37. The minimum atomic E-state index is -0.838. The Morgan fingerprint density at radius 1 is 1.19 bits per heavy atom. The second-order valence-electron chi connectivity index (χ2n) is 8.41. The minimum Gasteiger partial charge on any atom is -0.481 e. The Morgan fingerprint density at radius 3 is 2.24 bits per heavy atom. The molecule has 0 saturated heterocycles. The van der Waals surface area contributed by atoms with Gasteiger partial charge in [0.25, 0.3) is 0 Å². The zero-order chi connectivity index (χ0) is 16.2. The second-order valence-corrected chi connectivity index (χ2v) is 8.41. The molecule has 120 valence electrons. The molecule has 2 aliphatic carbocycles. The highest BCUT2D eigenvalue weighted by Gasteiger charge is 2.65. The van der Waals surface area contributed by atoms with Crippen molar-refractivity contribution in [2.45, 2.75) is 65.5 Å². The lowest BCUT2D eigenvalue weighted by Gasteiger charge is -2.39. The van der Waals surface area contributed by atoms with Gasteiger partial charge in [0.1, 0.15) is 5.60 Å². The summed E-state index contributed by atoms with van der Waals surface area (Å²) < 4.78 is 5.29. The first-order valence-electron chi connectivity index (χ1n) is 7.61. The van der Waals surface area contributed by atoms with Crippen LogP contribution in [0.1, 0.15) is 54.4 Å². The predicted octanol–water partition coefficient (Wildman–Crippen LogP) is 3.04. The van der Waals surface area contributed by atoms with Gasteiger partial charge in [-0.05, 0) is 57.8 Å². The van der Waals surface area contributed by atoms with Gasteiger partial charge in [-0.1, -0.05) is 13.8 Å². The zero-order valence-electron chi connectivity index (χ0n) is 13.8. The number of carbonyl (C=O) groups is 2. The zero-order valence-corrected chi connectivity index (χ0v) is 13.8. The van der Waals surface area contributed by atoms with Crippen molar-refractivity contribution in [2.24, 2.45) is 23.2 Å². The smallest absolute Gasteiger partial charge is 0.408 e. The second kappa shape index (κ2) is 4.62. The van der Waals surface area contributed by atoms with Gasteiger partial charge >= 0.3 is 12.1 Å². The molecule has 0 aromatic carbocycles. The Morgan fingerprint density at radius 2 is 1.76 bits per heavy atom. The maximum absolute atomic E-state index is 12.1. The lowest BCUT2D eigenvalue weighted by molar-refractivity contribution is -0.146. The molecule has 4 atom stereocenters. The topological polar surface area (TPSA) is 75.6 Å². The molecule has 0 spiro atoms. The minimum absolute atomic E-state index is 0.182. The number of alkyl carbamates (subject to hydrolysis) is 1. The number of carboxylic acid groups (broad SMARTS) is 1. The number of hydrogen-bond acceptors (Lipinski definition) is 3. The van der Waals surface area contributed by atoms with Crippen LogP contribution in [0.2, 0.25) is 0 Å². The number of carboxylic acids is 1. The molecule has 5 nitrogen and oxygen atoms in total. The summed E-state index contributed by atoms with van der Waals surface area (Å²) in [5.74, 6) is -0.470. The number of carbonyl (C=O) groups excluding carboxylic acids is 1. The fourth-order valence-corrected chi connectivity index (χ4v) is 3.89. The van der Waals surface area contributed by atoms with Crippen molar-refractivity contribution in [1.29, 1.82) is 0 Å². The summed E-state index contributed by atoms with van der Waals surface area (Å²) in [7, 11) is 0. The van der Waals surface area contributed by atoms with Crippen LogP contribution in [-0.4, -0.2) is 28.3 Å². The highest BCUT2D eigenvalue weighted by molar-refractivity contribution is 5.75. The molecular formula is C16H27NO4. The molecule has 0 bridgehead atoms. The van der Waals surface area contributed by atoms with E-state index in [0.717, 1.165) is 0 Å². The summed E-state index contributed by atoms with van der Waals surface area (Å²) in [5, 5.41) is 12.4. The van der Waals surface area contributed by atoms with E-state index in [2.05, 4.69) is 19.2 Å². The fraction of sp³-hybridized carbons (Fsp3) is 0.875. The molecule has 0 radical (unpaired) electrons. The number of amides is 1. The van der Waals surface area contributed by atoms with Gasteiger partial charge < -0.3 is 15.2 Å². The van der Waals surface area contributed by atoms with Crippen molar-refractivity contribution in [3.05, 3.63) is 0 Å². The van der Waals surface area contributed by atoms with Crippen LogP contribution in [0, 0.1) is 23.2 Å².